The van der Waals surface area contributed by atoms with Crippen molar-refractivity contribution >= 4 is 11.9 Å². The van der Waals surface area contributed by atoms with Crippen molar-refractivity contribution in [1.82, 2.24) is 9.88 Å². The van der Waals surface area contributed by atoms with Crippen LogP contribution < -0.4 is 4.74 Å². The number of aromatic carboxylic acids is 1. The number of hydrogen-bond donors (Lipinski definition) is 2. The molecule has 7 nitrogen and oxygen atoms in total. The van der Waals surface area contributed by atoms with E-state index in [2.05, 4.69) is 4.98 Å². The summed E-state index contributed by atoms with van der Waals surface area (Å²) >= 11 is 0. The maximum atomic E-state index is 10.6. The molecule has 0 atom stereocenters. The van der Waals surface area contributed by atoms with Gasteiger partial charge in [-0.05, 0) is 20.2 Å². The van der Waals surface area contributed by atoms with Crippen LogP contribution in [0.1, 0.15) is 10.4 Å². The monoisotopic (exact) mass is 324 g/mol. The predicted molar refractivity (Wildman–Crippen MR) is 68.9 cm³/mol. The minimum absolute atomic E-state index is 0.185. The number of likely N-dealkylation sites (N-methyl/N-ethyl adjacent to an activating group) is 1. The fourth-order valence-corrected chi connectivity index (χ4v) is 0.954. The fourth-order valence-electron chi connectivity index (χ4n) is 0.954. The van der Waals surface area contributed by atoms with E-state index >= 15 is 0 Å². The second-order valence-corrected chi connectivity index (χ2v) is 4.14. The summed E-state index contributed by atoms with van der Waals surface area (Å²) in [6, 6.07) is 2.85. The number of hydrogen-bond acceptors (Lipinski definition) is 5. The van der Waals surface area contributed by atoms with Crippen LogP contribution in [-0.2, 0) is 4.79 Å². The predicted octanol–water partition coefficient (Wildman–Crippen LogP) is 1.35. The van der Waals surface area contributed by atoms with E-state index < -0.39 is 18.1 Å². The minimum Gasteiger partial charge on any atom is -0.478 e. The van der Waals surface area contributed by atoms with E-state index in [9.17, 15) is 18.0 Å². The summed E-state index contributed by atoms with van der Waals surface area (Å²) in [5, 5.41) is 15.9. The zero-order chi connectivity index (χ0) is 17.3. The molecular formula is C12H15F3N2O5. The van der Waals surface area contributed by atoms with E-state index in [1.165, 1.54) is 18.3 Å². The SMILES string of the molecule is CN(C)CCOc1cc(C(=O)O)ccn1.O=C(O)C(F)(F)F. The van der Waals surface area contributed by atoms with Crippen LogP contribution in [0, 0.1) is 0 Å². The average molecular weight is 324 g/mol. The van der Waals surface area contributed by atoms with Crippen molar-refractivity contribution < 1.29 is 37.7 Å². The second kappa shape index (κ2) is 8.82. The molecule has 0 fully saturated rings. The summed E-state index contributed by atoms with van der Waals surface area (Å²) in [6.07, 6.45) is -3.66. The summed E-state index contributed by atoms with van der Waals surface area (Å²) in [4.78, 5) is 25.4. The van der Waals surface area contributed by atoms with Crippen LogP contribution >= 0.6 is 0 Å². The van der Waals surface area contributed by atoms with Gasteiger partial charge >= 0.3 is 18.1 Å². The van der Waals surface area contributed by atoms with Gasteiger partial charge in [0.15, 0.2) is 0 Å². The van der Waals surface area contributed by atoms with Crippen LogP contribution in [0.25, 0.3) is 0 Å². The molecule has 1 aromatic rings. The maximum absolute atomic E-state index is 10.6. The van der Waals surface area contributed by atoms with Crippen molar-refractivity contribution in [2.45, 2.75) is 6.18 Å². The van der Waals surface area contributed by atoms with Crippen molar-refractivity contribution in [3.63, 3.8) is 0 Å². The first-order chi connectivity index (χ1) is 10.0. The normalized spacial score (nSPS) is 10.6. The lowest BCUT2D eigenvalue weighted by atomic mass is 10.3. The third-order valence-electron chi connectivity index (χ3n) is 2.01. The van der Waals surface area contributed by atoms with Crippen molar-refractivity contribution in [3.05, 3.63) is 23.9 Å². The number of carboxylic acids is 2. The van der Waals surface area contributed by atoms with E-state index in [0.717, 1.165) is 6.54 Å². The highest BCUT2D eigenvalue weighted by Crippen LogP contribution is 2.13. The van der Waals surface area contributed by atoms with Gasteiger partial charge in [0, 0.05) is 18.8 Å². The molecule has 0 saturated heterocycles. The Balaban J connectivity index is 0.000000534. The average Bonchev–Trinajstić information content (AvgIpc) is 2.38. The molecule has 0 aliphatic heterocycles. The highest BCUT2D eigenvalue weighted by molar-refractivity contribution is 5.87. The fraction of sp³-hybridized carbons (Fsp3) is 0.417. The van der Waals surface area contributed by atoms with Gasteiger partial charge in [-0.1, -0.05) is 0 Å². The van der Waals surface area contributed by atoms with Crippen molar-refractivity contribution in [1.29, 1.82) is 0 Å². The summed E-state index contributed by atoms with van der Waals surface area (Å²) < 4.78 is 37.0. The number of aliphatic carboxylic acids is 1. The largest absolute Gasteiger partial charge is 0.490 e. The van der Waals surface area contributed by atoms with Gasteiger partial charge in [-0.2, -0.15) is 13.2 Å². The Labute approximate surface area is 123 Å². The Kier molecular flexibility index (Phi) is 7.88. The van der Waals surface area contributed by atoms with E-state index in [-0.39, 0.29) is 5.56 Å². The summed E-state index contributed by atoms with van der Waals surface area (Å²) in [6.45, 7) is 1.25. The molecule has 2 N–H and O–H groups in total. The molecular weight excluding hydrogens is 309 g/mol. The molecule has 0 radical (unpaired) electrons. The number of halogens is 3. The first-order valence-electron chi connectivity index (χ1n) is 5.81. The number of carboxylic acid groups (broad SMARTS) is 2. The van der Waals surface area contributed by atoms with Crippen LogP contribution in [0.15, 0.2) is 18.3 Å². The van der Waals surface area contributed by atoms with E-state index in [1.54, 1.807) is 0 Å². The molecule has 124 valence electrons. The van der Waals surface area contributed by atoms with Gasteiger partial charge in [-0.3, -0.25) is 0 Å². The summed E-state index contributed by atoms with van der Waals surface area (Å²) in [7, 11) is 3.87. The molecule has 0 saturated carbocycles. The molecule has 22 heavy (non-hydrogen) atoms. The van der Waals surface area contributed by atoms with Gasteiger partial charge in [0.25, 0.3) is 0 Å². The number of carbonyl (C=O) groups is 2. The number of nitrogens with zero attached hydrogens (tertiary/aromatic N) is 2. The first kappa shape index (κ1) is 19.6. The summed E-state index contributed by atoms with van der Waals surface area (Å²) in [5.41, 5.74) is 0.185. The zero-order valence-corrected chi connectivity index (χ0v) is 11.8. The molecule has 0 spiro atoms. The Morgan fingerprint density at radius 3 is 2.27 bits per heavy atom. The minimum atomic E-state index is -5.08. The van der Waals surface area contributed by atoms with Gasteiger partial charge in [0.05, 0.1) is 5.56 Å². The third kappa shape index (κ3) is 8.74. The Morgan fingerprint density at radius 2 is 1.86 bits per heavy atom. The number of ether oxygens (including phenoxy) is 1. The van der Waals surface area contributed by atoms with Gasteiger partial charge in [0.2, 0.25) is 5.88 Å². The van der Waals surface area contributed by atoms with Gasteiger partial charge in [-0.25, -0.2) is 14.6 Å². The quantitative estimate of drug-likeness (QED) is 0.843. The Bertz CT molecular complexity index is 506. The van der Waals surface area contributed by atoms with Crippen molar-refractivity contribution in [3.8, 4) is 5.88 Å². The van der Waals surface area contributed by atoms with Crippen molar-refractivity contribution in [2.75, 3.05) is 27.2 Å². The molecule has 1 aromatic heterocycles. The molecule has 1 heterocycles. The number of alkyl halides is 3. The molecule has 0 aromatic carbocycles. The molecule has 0 aliphatic carbocycles. The first-order valence-corrected chi connectivity index (χ1v) is 5.81. The van der Waals surface area contributed by atoms with E-state index in [0.29, 0.717) is 12.5 Å². The van der Waals surface area contributed by atoms with Crippen LogP contribution in [0.2, 0.25) is 0 Å². The lowest BCUT2D eigenvalue weighted by Gasteiger charge is -2.10. The van der Waals surface area contributed by atoms with Gasteiger partial charge in [0.1, 0.15) is 6.61 Å². The lowest BCUT2D eigenvalue weighted by molar-refractivity contribution is -0.192. The number of pyridine rings is 1. The molecule has 0 aliphatic rings. The number of aromatic nitrogens is 1. The third-order valence-corrected chi connectivity index (χ3v) is 2.01. The van der Waals surface area contributed by atoms with Crippen LogP contribution in [0.4, 0.5) is 13.2 Å². The molecule has 0 amide bonds. The van der Waals surface area contributed by atoms with Crippen LogP contribution in [0.5, 0.6) is 5.88 Å². The van der Waals surface area contributed by atoms with Crippen molar-refractivity contribution in [2.24, 2.45) is 0 Å². The van der Waals surface area contributed by atoms with Gasteiger partial charge in [-0.15, -0.1) is 0 Å². The molecule has 10 heteroatoms. The number of rotatable bonds is 5. The smallest absolute Gasteiger partial charge is 0.478 e. The summed E-state index contributed by atoms with van der Waals surface area (Å²) in [5.74, 6) is -3.39. The Hall–Kier alpha value is -2.36. The van der Waals surface area contributed by atoms with Crippen LogP contribution in [-0.4, -0.2) is 65.5 Å². The highest BCUT2D eigenvalue weighted by Gasteiger charge is 2.38. The van der Waals surface area contributed by atoms with Crippen LogP contribution in [0.3, 0.4) is 0 Å². The maximum Gasteiger partial charge on any atom is 0.490 e. The van der Waals surface area contributed by atoms with Gasteiger partial charge < -0.3 is 19.8 Å². The molecule has 0 bridgehead atoms. The van der Waals surface area contributed by atoms with E-state index in [1.807, 2.05) is 19.0 Å². The highest BCUT2D eigenvalue weighted by atomic mass is 19.4. The Morgan fingerprint density at radius 1 is 1.32 bits per heavy atom. The standard InChI is InChI=1S/C10H14N2O3.C2HF3O2/c1-12(2)5-6-15-9-7-8(10(13)14)3-4-11-9;3-2(4,5)1(6)7/h3-4,7H,5-6H2,1-2H3,(H,13,14);(H,6,7). The second-order valence-electron chi connectivity index (χ2n) is 4.14. The lowest BCUT2D eigenvalue weighted by Crippen LogP contribution is -2.21. The molecule has 1 rings (SSSR count). The topological polar surface area (TPSA) is 100.0 Å². The zero-order valence-electron chi connectivity index (χ0n) is 11.8. The molecule has 0 unspecified atom stereocenters. The van der Waals surface area contributed by atoms with E-state index in [4.69, 9.17) is 19.7 Å².